The molecule has 1 amide bonds. The monoisotopic (exact) mass is 335 g/mol. The molecule has 0 aliphatic carbocycles. The van der Waals surface area contributed by atoms with Crippen LogP contribution in [0.4, 0.5) is 15.1 Å². The number of nitrogens with one attached hydrogen (secondary N) is 1. The van der Waals surface area contributed by atoms with Crippen molar-refractivity contribution in [1.29, 1.82) is 0 Å². The van der Waals surface area contributed by atoms with Crippen LogP contribution in [-0.4, -0.2) is 37.2 Å². The molecule has 7 heteroatoms. The summed E-state index contributed by atoms with van der Waals surface area (Å²) in [6, 6.07) is 4.43. The van der Waals surface area contributed by atoms with E-state index in [9.17, 15) is 9.18 Å². The first kappa shape index (κ1) is 15.9. The summed E-state index contributed by atoms with van der Waals surface area (Å²) in [7, 11) is 0. The SMILES string of the molecule is CCc1ncsc1NC(=O)c1cc(F)cc(N2CCOCC2)c1. The van der Waals surface area contributed by atoms with Crippen LogP contribution in [0.3, 0.4) is 0 Å². The van der Waals surface area contributed by atoms with Gasteiger partial charge in [0, 0.05) is 24.3 Å². The van der Waals surface area contributed by atoms with E-state index >= 15 is 0 Å². The Labute approximate surface area is 138 Å². The standard InChI is InChI=1S/C16H18FN3O2S/c1-2-14-16(23-10-18-14)19-15(21)11-7-12(17)9-13(8-11)20-3-5-22-6-4-20/h7-10H,2-6H2,1H3,(H,19,21). The van der Waals surface area contributed by atoms with Gasteiger partial charge in [0.25, 0.3) is 5.91 Å². The molecular formula is C16H18FN3O2S. The molecule has 0 radical (unpaired) electrons. The van der Waals surface area contributed by atoms with Crippen LogP contribution < -0.4 is 10.2 Å². The van der Waals surface area contributed by atoms with E-state index < -0.39 is 5.82 Å². The van der Waals surface area contributed by atoms with Crippen LogP contribution >= 0.6 is 11.3 Å². The zero-order valence-corrected chi connectivity index (χ0v) is 13.7. The lowest BCUT2D eigenvalue weighted by Gasteiger charge is -2.29. The second kappa shape index (κ2) is 7.06. The van der Waals surface area contributed by atoms with E-state index in [-0.39, 0.29) is 5.91 Å². The average molecular weight is 335 g/mol. The van der Waals surface area contributed by atoms with E-state index in [1.807, 2.05) is 11.8 Å². The second-order valence-electron chi connectivity index (χ2n) is 5.23. The number of amides is 1. The first-order chi connectivity index (χ1) is 11.2. The molecule has 0 atom stereocenters. The van der Waals surface area contributed by atoms with Crippen molar-refractivity contribution in [3.63, 3.8) is 0 Å². The van der Waals surface area contributed by atoms with E-state index in [4.69, 9.17) is 4.74 Å². The minimum Gasteiger partial charge on any atom is -0.378 e. The molecular weight excluding hydrogens is 317 g/mol. The molecule has 122 valence electrons. The maximum absolute atomic E-state index is 13.9. The van der Waals surface area contributed by atoms with Gasteiger partial charge in [-0.1, -0.05) is 6.92 Å². The Bertz CT molecular complexity index is 698. The van der Waals surface area contributed by atoms with Gasteiger partial charge in [-0.2, -0.15) is 0 Å². The molecule has 23 heavy (non-hydrogen) atoms. The third-order valence-corrected chi connectivity index (χ3v) is 4.51. The van der Waals surface area contributed by atoms with Crippen LogP contribution in [0.1, 0.15) is 23.0 Å². The fourth-order valence-corrected chi connectivity index (χ4v) is 3.28. The number of hydrogen-bond donors (Lipinski definition) is 1. The van der Waals surface area contributed by atoms with Crippen LogP contribution in [0.15, 0.2) is 23.7 Å². The summed E-state index contributed by atoms with van der Waals surface area (Å²) in [5.41, 5.74) is 3.55. The summed E-state index contributed by atoms with van der Waals surface area (Å²) in [6.07, 6.45) is 0.737. The molecule has 1 N–H and O–H groups in total. The van der Waals surface area contributed by atoms with Gasteiger partial charge in [0.15, 0.2) is 0 Å². The van der Waals surface area contributed by atoms with Gasteiger partial charge in [0.2, 0.25) is 0 Å². The van der Waals surface area contributed by atoms with Crippen LogP contribution in [0.2, 0.25) is 0 Å². The average Bonchev–Trinajstić information content (AvgIpc) is 3.02. The van der Waals surface area contributed by atoms with E-state index in [1.165, 1.54) is 23.5 Å². The Morgan fingerprint density at radius 3 is 2.91 bits per heavy atom. The molecule has 1 fully saturated rings. The van der Waals surface area contributed by atoms with Crippen molar-refractivity contribution >= 4 is 27.9 Å². The van der Waals surface area contributed by atoms with Gasteiger partial charge < -0.3 is 15.0 Å². The zero-order valence-electron chi connectivity index (χ0n) is 12.8. The topological polar surface area (TPSA) is 54.5 Å². The van der Waals surface area contributed by atoms with Gasteiger partial charge in [-0.25, -0.2) is 9.37 Å². The van der Waals surface area contributed by atoms with Crippen LogP contribution in [0.5, 0.6) is 0 Å². The number of hydrogen-bond acceptors (Lipinski definition) is 5. The number of benzene rings is 1. The summed E-state index contributed by atoms with van der Waals surface area (Å²) in [5, 5.41) is 3.54. The molecule has 1 aromatic heterocycles. The van der Waals surface area contributed by atoms with Crippen molar-refractivity contribution in [3.05, 3.63) is 40.8 Å². The highest BCUT2D eigenvalue weighted by Crippen LogP contribution is 2.24. The molecule has 0 bridgehead atoms. The number of morpholine rings is 1. The fraction of sp³-hybridized carbons (Fsp3) is 0.375. The first-order valence-electron chi connectivity index (χ1n) is 7.54. The van der Waals surface area contributed by atoms with Gasteiger partial charge in [-0.3, -0.25) is 4.79 Å². The summed E-state index contributed by atoms with van der Waals surface area (Å²) in [4.78, 5) is 18.6. The van der Waals surface area contributed by atoms with Crippen molar-refractivity contribution in [3.8, 4) is 0 Å². The molecule has 1 aliphatic heterocycles. The molecule has 1 aromatic carbocycles. The Morgan fingerprint density at radius 2 is 2.17 bits per heavy atom. The number of thiazole rings is 1. The third-order valence-electron chi connectivity index (χ3n) is 3.72. The van der Waals surface area contributed by atoms with Crippen molar-refractivity contribution in [2.45, 2.75) is 13.3 Å². The highest BCUT2D eigenvalue weighted by molar-refractivity contribution is 7.14. The van der Waals surface area contributed by atoms with Gasteiger partial charge >= 0.3 is 0 Å². The van der Waals surface area contributed by atoms with Crippen LogP contribution in [0.25, 0.3) is 0 Å². The maximum Gasteiger partial charge on any atom is 0.256 e. The second-order valence-corrected chi connectivity index (χ2v) is 6.09. The molecule has 1 saturated heterocycles. The quantitative estimate of drug-likeness (QED) is 0.933. The normalized spacial score (nSPS) is 14.8. The zero-order chi connectivity index (χ0) is 16.2. The van der Waals surface area contributed by atoms with Crippen molar-refractivity contribution in [2.24, 2.45) is 0 Å². The van der Waals surface area contributed by atoms with E-state index in [0.717, 1.165) is 17.1 Å². The molecule has 5 nitrogen and oxygen atoms in total. The highest BCUT2D eigenvalue weighted by Gasteiger charge is 2.16. The van der Waals surface area contributed by atoms with Crippen LogP contribution in [-0.2, 0) is 11.2 Å². The lowest BCUT2D eigenvalue weighted by atomic mass is 10.1. The predicted octanol–water partition coefficient (Wildman–Crippen LogP) is 2.93. The van der Waals surface area contributed by atoms with Gasteiger partial charge in [0.1, 0.15) is 10.8 Å². The number of carbonyl (C=O) groups excluding carboxylic acids is 1. The molecule has 1 aliphatic rings. The van der Waals surface area contributed by atoms with Gasteiger partial charge in [-0.05, 0) is 24.6 Å². The van der Waals surface area contributed by atoms with Crippen molar-refractivity contribution < 1.29 is 13.9 Å². The highest BCUT2D eigenvalue weighted by atomic mass is 32.1. The number of ether oxygens (including phenoxy) is 1. The molecule has 2 aromatic rings. The third kappa shape index (κ3) is 3.68. The summed E-state index contributed by atoms with van der Waals surface area (Å²) >= 11 is 1.37. The molecule has 2 heterocycles. The van der Waals surface area contributed by atoms with Gasteiger partial charge in [-0.15, -0.1) is 11.3 Å². The summed E-state index contributed by atoms with van der Waals surface area (Å²) in [5.74, 6) is -0.739. The number of carbonyl (C=O) groups is 1. The minimum atomic E-state index is -0.417. The Kier molecular flexibility index (Phi) is 4.88. The lowest BCUT2D eigenvalue weighted by molar-refractivity contribution is 0.102. The van der Waals surface area contributed by atoms with Crippen LogP contribution in [0, 0.1) is 5.82 Å². The summed E-state index contributed by atoms with van der Waals surface area (Å²) in [6.45, 7) is 4.58. The fourth-order valence-electron chi connectivity index (χ4n) is 2.51. The number of anilines is 2. The predicted molar refractivity (Wildman–Crippen MR) is 88.9 cm³/mol. The molecule has 0 saturated carbocycles. The minimum absolute atomic E-state index is 0.307. The molecule has 0 unspecified atom stereocenters. The maximum atomic E-state index is 13.9. The van der Waals surface area contributed by atoms with E-state index in [0.29, 0.717) is 37.6 Å². The van der Waals surface area contributed by atoms with E-state index in [2.05, 4.69) is 10.3 Å². The van der Waals surface area contributed by atoms with E-state index in [1.54, 1.807) is 11.6 Å². The summed E-state index contributed by atoms with van der Waals surface area (Å²) < 4.78 is 19.2. The van der Waals surface area contributed by atoms with Gasteiger partial charge in [0.05, 0.1) is 24.4 Å². The largest absolute Gasteiger partial charge is 0.378 e. The molecule has 3 rings (SSSR count). The number of nitrogens with zero attached hydrogens (tertiary/aromatic N) is 2. The first-order valence-corrected chi connectivity index (χ1v) is 8.42. The molecule has 0 spiro atoms. The smallest absolute Gasteiger partial charge is 0.256 e. The number of aromatic nitrogens is 1. The van der Waals surface area contributed by atoms with Crippen molar-refractivity contribution in [2.75, 3.05) is 36.5 Å². The Balaban J connectivity index is 1.81. The lowest BCUT2D eigenvalue weighted by Crippen LogP contribution is -2.36. The van der Waals surface area contributed by atoms with Crippen molar-refractivity contribution in [1.82, 2.24) is 4.98 Å². The Morgan fingerprint density at radius 1 is 1.39 bits per heavy atom. The number of aryl methyl sites for hydroxylation is 1. The number of rotatable bonds is 4. The number of halogens is 1. The Hall–Kier alpha value is -1.99.